The number of Topliss-reactive ketones (excluding diaryl/α,β-unsaturated/α-hetero) is 1. The average molecular weight is 354 g/mol. The maximum absolute atomic E-state index is 12.6. The van der Waals surface area contributed by atoms with Gasteiger partial charge in [-0.1, -0.05) is 41.9 Å². The summed E-state index contributed by atoms with van der Waals surface area (Å²) in [6.07, 6.45) is 1.55. The van der Waals surface area contributed by atoms with Crippen LogP contribution in [-0.2, 0) is 5.41 Å². The average Bonchev–Trinajstić information content (AvgIpc) is 2.64. The van der Waals surface area contributed by atoms with Gasteiger partial charge in [0.15, 0.2) is 0 Å². The minimum atomic E-state index is -0.428. The summed E-state index contributed by atoms with van der Waals surface area (Å²) in [5.74, 6) is 0.128. The number of carbonyl (C=O) groups is 1. The SMILES string of the molecule is C[N+]1(CC(=O)c2ccc(Cl)cc2)CCC(C#N)(c2ccccc2)CC1. The Morgan fingerprint density at radius 1 is 1.12 bits per heavy atom. The highest BCUT2D eigenvalue weighted by molar-refractivity contribution is 6.30. The number of likely N-dealkylation sites (tertiary alicyclic amines) is 1. The second-order valence-corrected chi connectivity index (χ2v) is 7.65. The minimum Gasteiger partial charge on any atom is -0.319 e. The topological polar surface area (TPSA) is 40.9 Å². The first-order valence-electron chi connectivity index (χ1n) is 8.56. The number of hydrogen-bond donors (Lipinski definition) is 0. The van der Waals surface area contributed by atoms with Crippen LogP contribution in [0.1, 0.15) is 28.8 Å². The van der Waals surface area contributed by atoms with Crippen molar-refractivity contribution in [3.05, 3.63) is 70.7 Å². The van der Waals surface area contributed by atoms with Crippen LogP contribution in [0.2, 0.25) is 5.02 Å². The van der Waals surface area contributed by atoms with E-state index < -0.39 is 5.41 Å². The summed E-state index contributed by atoms with van der Waals surface area (Å²) < 4.78 is 0.678. The first-order valence-corrected chi connectivity index (χ1v) is 8.93. The van der Waals surface area contributed by atoms with Gasteiger partial charge in [-0.15, -0.1) is 0 Å². The van der Waals surface area contributed by atoms with Gasteiger partial charge in [0.25, 0.3) is 0 Å². The van der Waals surface area contributed by atoms with E-state index >= 15 is 0 Å². The van der Waals surface area contributed by atoms with Crippen molar-refractivity contribution in [1.82, 2.24) is 0 Å². The van der Waals surface area contributed by atoms with Crippen LogP contribution in [0, 0.1) is 11.3 Å². The van der Waals surface area contributed by atoms with Crippen molar-refractivity contribution in [2.24, 2.45) is 0 Å². The summed E-state index contributed by atoms with van der Waals surface area (Å²) in [5.41, 5.74) is 1.36. The lowest BCUT2D eigenvalue weighted by molar-refractivity contribution is -0.907. The molecule has 1 saturated heterocycles. The molecule has 128 valence electrons. The third kappa shape index (κ3) is 3.76. The molecular formula is C21H22ClN2O+. The molecule has 4 heteroatoms. The van der Waals surface area contributed by atoms with Crippen molar-refractivity contribution in [2.45, 2.75) is 18.3 Å². The molecule has 0 bridgehead atoms. The standard InChI is InChI=1S/C21H22ClN2O/c1-24(15-20(25)17-7-9-19(22)10-8-17)13-11-21(16-23,12-14-24)18-5-3-2-4-6-18/h2-10H,11-15H2,1H3/q+1. The van der Waals surface area contributed by atoms with E-state index in [-0.39, 0.29) is 5.78 Å². The number of likely N-dealkylation sites (N-methyl/N-ethyl adjacent to an activating group) is 1. The van der Waals surface area contributed by atoms with Gasteiger partial charge < -0.3 is 4.48 Å². The van der Waals surface area contributed by atoms with Gasteiger partial charge >= 0.3 is 0 Å². The van der Waals surface area contributed by atoms with Crippen molar-refractivity contribution >= 4 is 17.4 Å². The number of nitrogens with zero attached hydrogens (tertiary/aromatic N) is 2. The Bertz CT molecular complexity index is 785. The molecule has 0 aromatic heterocycles. The number of quaternary nitrogens is 1. The van der Waals surface area contributed by atoms with Crippen molar-refractivity contribution in [3.63, 3.8) is 0 Å². The van der Waals surface area contributed by atoms with Crippen molar-refractivity contribution < 1.29 is 9.28 Å². The largest absolute Gasteiger partial charge is 0.319 e. The Morgan fingerprint density at radius 2 is 1.72 bits per heavy atom. The fourth-order valence-corrected chi connectivity index (χ4v) is 3.74. The number of benzene rings is 2. The first-order chi connectivity index (χ1) is 12.0. The zero-order valence-corrected chi connectivity index (χ0v) is 15.2. The lowest BCUT2D eigenvalue weighted by Crippen LogP contribution is -2.55. The molecule has 2 aromatic carbocycles. The van der Waals surface area contributed by atoms with Crippen LogP contribution in [0.15, 0.2) is 54.6 Å². The van der Waals surface area contributed by atoms with Crippen molar-refractivity contribution in [1.29, 1.82) is 5.26 Å². The van der Waals surface area contributed by atoms with Crippen LogP contribution in [0.5, 0.6) is 0 Å². The van der Waals surface area contributed by atoms with E-state index in [0.717, 1.165) is 31.5 Å². The smallest absolute Gasteiger partial charge is 0.216 e. The summed E-state index contributed by atoms with van der Waals surface area (Å²) in [4.78, 5) is 12.6. The zero-order chi connectivity index (χ0) is 17.9. The highest BCUT2D eigenvalue weighted by Crippen LogP contribution is 2.36. The molecule has 0 unspecified atom stereocenters. The molecule has 1 aliphatic rings. The number of piperidine rings is 1. The molecule has 2 aromatic rings. The van der Waals surface area contributed by atoms with Crippen molar-refractivity contribution in [2.75, 3.05) is 26.7 Å². The van der Waals surface area contributed by atoms with Crippen LogP contribution in [0.3, 0.4) is 0 Å². The Balaban J connectivity index is 1.71. The lowest BCUT2D eigenvalue weighted by atomic mass is 9.73. The van der Waals surface area contributed by atoms with E-state index in [9.17, 15) is 10.1 Å². The molecule has 0 saturated carbocycles. The molecule has 3 nitrogen and oxygen atoms in total. The van der Waals surface area contributed by atoms with Crippen LogP contribution >= 0.6 is 11.6 Å². The molecule has 0 radical (unpaired) electrons. The van der Waals surface area contributed by atoms with Gasteiger partial charge in [0.05, 0.1) is 31.6 Å². The van der Waals surface area contributed by atoms with E-state index in [1.807, 2.05) is 30.3 Å². The molecule has 3 rings (SSSR count). The van der Waals surface area contributed by atoms with Gasteiger partial charge in [0, 0.05) is 23.4 Å². The predicted molar refractivity (Wildman–Crippen MR) is 99.5 cm³/mol. The Hall–Kier alpha value is -2.15. The molecule has 0 N–H and O–H groups in total. The second kappa shape index (κ2) is 7.00. The van der Waals surface area contributed by atoms with Gasteiger partial charge in [0.2, 0.25) is 5.78 Å². The fourth-order valence-electron chi connectivity index (χ4n) is 3.61. The number of halogens is 1. The molecular weight excluding hydrogens is 332 g/mol. The molecule has 1 aliphatic heterocycles. The van der Waals surface area contributed by atoms with E-state index in [0.29, 0.717) is 21.6 Å². The Labute approximate surface area is 154 Å². The van der Waals surface area contributed by atoms with E-state index in [2.05, 4.69) is 13.1 Å². The number of rotatable bonds is 4. The molecule has 0 aliphatic carbocycles. The number of ketones is 1. The Morgan fingerprint density at radius 3 is 2.28 bits per heavy atom. The number of carbonyl (C=O) groups excluding carboxylic acids is 1. The minimum absolute atomic E-state index is 0.128. The summed E-state index contributed by atoms with van der Waals surface area (Å²) in [6, 6.07) is 19.6. The third-order valence-corrected chi connectivity index (χ3v) is 5.64. The van der Waals surface area contributed by atoms with Crippen molar-refractivity contribution in [3.8, 4) is 6.07 Å². The van der Waals surface area contributed by atoms with Crippen LogP contribution < -0.4 is 0 Å². The highest BCUT2D eigenvalue weighted by atomic mass is 35.5. The van der Waals surface area contributed by atoms with Gasteiger partial charge in [-0.05, 0) is 29.8 Å². The molecule has 1 heterocycles. The molecule has 25 heavy (non-hydrogen) atoms. The summed E-state index contributed by atoms with van der Waals surface area (Å²) in [5, 5.41) is 10.5. The molecule has 0 spiro atoms. The maximum atomic E-state index is 12.6. The molecule has 0 amide bonds. The second-order valence-electron chi connectivity index (χ2n) is 7.21. The summed E-state index contributed by atoms with van der Waals surface area (Å²) in [6.45, 7) is 2.10. The van der Waals surface area contributed by atoms with Gasteiger partial charge in [-0.3, -0.25) is 4.79 Å². The maximum Gasteiger partial charge on any atom is 0.216 e. The summed E-state index contributed by atoms with van der Waals surface area (Å²) >= 11 is 5.90. The number of nitriles is 1. The monoisotopic (exact) mass is 353 g/mol. The highest BCUT2D eigenvalue weighted by Gasteiger charge is 2.42. The number of hydrogen-bond acceptors (Lipinski definition) is 2. The predicted octanol–water partition coefficient (Wildman–Crippen LogP) is 4.22. The van der Waals surface area contributed by atoms with Crippen LogP contribution in [-0.4, -0.2) is 36.9 Å². The van der Waals surface area contributed by atoms with E-state index in [4.69, 9.17) is 11.6 Å². The first kappa shape index (κ1) is 17.7. The van der Waals surface area contributed by atoms with Gasteiger partial charge in [-0.25, -0.2) is 0 Å². The fraction of sp³-hybridized carbons (Fsp3) is 0.333. The van der Waals surface area contributed by atoms with Crippen LogP contribution in [0.25, 0.3) is 0 Å². The van der Waals surface area contributed by atoms with E-state index in [1.165, 1.54) is 0 Å². The Kier molecular flexibility index (Phi) is 4.94. The molecule has 0 atom stereocenters. The van der Waals surface area contributed by atoms with Gasteiger partial charge in [-0.2, -0.15) is 5.26 Å². The quantitative estimate of drug-likeness (QED) is 0.609. The zero-order valence-electron chi connectivity index (χ0n) is 14.4. The molecule has 1 fully saturated rings. The van der Waals surface area contributed by atoms with Crippen LogP contribution in [0.4, 0.5) is 0 Å². The third-order valence-electron chi connectivity index (χ3n) is 5.39. The van der Waals surface area contributed by atoms with E-state index in [1.54, 1.807) is 24.3 Å². The summed E-state index contributed by atoms with van der Waals surface area (Å²) in [7, 11) is 2.11. The normalized spacial score (nSPS) is 26.0. The lowest BCUT2D eigenvalue weighted by Gasteiger charge is -2.43. The van der Waals surface area contributed by atoms with Gasteiger partial charge in [0.1, 0.15) is 6.54 Å².